The number of aryl methyl sites for hydroxylation is 2. The number of carbonyl (C=O) groups is 1. The van der Waals surface area contributed by atoms with Crippen LogP contribution in [-0.2, 0) is 23.0 Å². The number of fused-ring (bicyclic) bond motifs is 1. The number of benzene rings is 2. The van der Waals surface area contributed by atoms with Crippen LogP contribution in [0.25, 0.3) is 11.0 Å². The maximum Gasteiger partial charge on any atom is 0.349 e. The summed E-state index contributed by atoms with van der Waals surface area (Å²) >= 11 is 7.50. The normalized spacial score (nSPS) is 21.1. The molecular formula is C27H29ClN2O4S. The van der Waals surface area contributed by atoms with Crippen molar-refractivity contribution in [3.8, 4) is 5.75 Å². The number of methoxy groups -OCH3 is 1. The number of thioether (sulfide) groups is 1. The SMILES string of the molecule is COc1ccc(CCC2(C3CCCC3)CC(O)=C(Sc3nc4ccccc4n3C)C(=O)O2)cc1Cl. The molecule has 35 heavy (non-hydrogen) atoms. The van der Waals surface area contributed by atoms with Gasteiger partial charge in [-0.25, -0.2) is 9.78 Å². The molecule has 6 nitrogen and oxygen atoms in total. The average Bonchev–Trinajstić information content (AvgIpc) is 3.50. The number of para-hydroxylation sites is 2. The Morgan fingerprint density at radius 2 is 2.03 bits per heavy atom. The molecule has 1 atom stereocenters. The van der Waals surface area contributed by atoms with E-state index in [0.29, 0.717) is 35.2 Å². The van der Waals surface area contributed by atoms with Crippen molar-refractivity contribution < 1.29 is 19.4 Å². The number of imidazole rings is 1. The average molecular weight is 513 g/mol. The lowest BCUT2D eigenvalue weighted by Gasteiger charge is -2.41. The van der Waals surface area contributed by atoms with Crippen molar-refractivity contribution in [3.05, 3.63) is 63.7 Å². The lowest BCUT2D eigenvalue weighted by molar-refractivity contribution is -0.166. The summed E-state index contributed by atoms with van der Waals surface area (Å²) < 4.78 is 13.4. The van der Waals surface area contributed by atoms with Crippen molar-refractivity contribution in [2.45, 2.75) is 55.7 Å². The van der Waals surface area contributed by atoms with Gasteiger partial charge in [-0.05, 0) is 73.2 Å². The molecule has 184 valence electrons. The third-order valence-electron chi connectivity index (χ3n) is 7.30. The lowest BCUT2D eigenvalue weighted by Crippen LogP contribution is -2.45. The summed E-state index contributed by atoms with van der Waals surface area (Å²) in [6, 6.07) is 13.5. The molecule has 8 heteroatoms. The molecule has 1 fully saturated rings. The van der Waals surface area contributed by atoms with Gasteiger partial charge >= 0.3 is 5.97 Å². The highest BCUT2D eigenvalue weighted by atomic mass is 35.5. The minimum absolute atomic E-state index is 0.0953. The standard InChI is InChI=1S/C27H29ClN2O4S/c1-30-21-10-6-5-9-20(21)29-26(30)35-24-22(31)16-27(34-25(24)32,18-7-3-4-8-18)14-13-17-11-12-23(33-2)19(28)15-17/h5-6,9-12,15,18,31H,3-4,7-8,13-14,16H2,1-2H3. The molecule has 0 saturated heterocycles. The Bertz CT molecular complexity index is 1300. The van der Waals surface area contributed by atoms with Gasteiger partial charge in [0.25, 0.3) is 0 Å². The van der Waals surface area contributed by atoms with Crippen LogP contribution in [0.5, 0.6) is 5.75 Å². The summed E-state index contributed by atoms with van der Waals surface area (Å²) in [6.07, 6.45) is 5.86. The molecule has 0 radical (unpaired) electrons. The fourth-order valence-corrected chi connectivity index (χ4v) is 6.56. The van der Waals surface area contributed by atoms with Gasteiger partial charge in [0.15, 0.2) is 5.16 Å². The molecule has 1 unspecified atom stereocenters. The predicted octanol–water partition coefficient (Wildman–Crippen LogP) is 6.61. The number of hydrogen-bond acceptors (Lipinski definition) is 6. The van der Waals surface area contributed by atoms with Crippen LogP contribution in [0.2, 0.25) is 5.02 Å². The first-order chi connectivity index (χ1) is 16.9. The highest BCUT2D eigenvalue weighted by Gasteiger charge is 2.48. The van der Waals surface area contributed by atoms with E-state index in [0.717, 1.165) is 42.3 Å². The molecule has 1 N–H and O–H groups in total. The summed E-state index contributed by atoms with van der Waals surface area (Å²) in [4.78, 5) is 18.2. The molecule has 2 aliphatic rings. The van der Waals surface area contributed by atoms with Crippen LogP contribution in [0.1, 0.15) is 44.1 Å². The van der Waals surface area contributed by atoms with Crippen LogP contribution in [-0.4, -0.2) is 33.3 Å². The summed E-state index contributed by atoms with van der Waals surface area (Å²) in [7, 11) is 3.50. The fourth-order valence-electron chi connectivity index (χ4n) is 5.40. The molecule has 5 rings (SSSR count). The number of esters is 1. The Labute approximate surface area is 214 Å². The number of halogens is 1. The van der Waals surface area contributed by atoms with E-state index in [1.54, 1.807) is 7.11 Å². The van der Waals surface area contributed by atoms with E-state index in [2.05, 4.69) is 4.98 Å². The number of carbonyl (C=O) groups excluding carboxylic acids is 1. The van der Waals surface area contributed by atoms with Gasteiger partial charge in [-0.1, -0.05) is 42.6 Å². The zero-order valence-electron chi connectivity index (χ0n) is 19.9. The quantitative estimate of drug-likeness (QED) is 0.359. The first-order valence-corrected chi connectivity index (χ1v) is 13.2. The molecule has 1 aliphatic heterocycles. The number of aliphatic hydroxyl groups is 1. The smallest absolute Gasteiger partial charge is 0.349 e. The zero-order chi connectivity index (χ0) is 24.6. The maximum absolute atomic E-state index is 13.3. The first kappa shape index (κ1) is 24.1. The van der Waals surface area contributed by atoms with Gasteiger partial charge in [0.2, 0.25) is 0 Å². The largest absolute Gasteiger partial charge is 0.511 e. The van der Waals surface area contributed by atoms with Crippen molar-refractivity contribution in [1.82, 2.24) is 9.55 Å². The molecule has 3 aromatic rings. The molecule has 0 spiro atoms. The number of aromatic nitrogens is 2. The molecule has 0 bridgehead atoms. The fraction of sp³-hybridized carbons (Fsp3) is 0.407. The topological polar surface area (TPSA) is 73.6 Å². The number of cyclic esters (lactones) is 1. The Hall–Kier alpha value is -2.64. The van der Waals surface area contributed by atoms with Crippen molar-refractivity contribution in [2.75, 3.05) is 7.11 Å². The van der Waals surface area contributed by atoms with Crippen molar-refractivity contribution >= 4 is 40.4 Å². The maximum atomic E-state index is 13.3. The van der Waals surface area contributed by atoms with E-state index in [9.17, 15) is 9.90 Å². The van der Waals surface area contributed by atoms with Gasteiger partial charge in [0.1, 0.15) is 22.0 Å². The van der Waals surface area contributed by atoms with E-state index in [1.807, 2.05) is 54.1 Å². The van der Waals surface area contributed by atoms with Gasteiger partial charge in [-0.2, -0.15) is 0 Å². The van der Waals surface area contributed by atoms with E-state index in [1.165, 1.54) is 11.8 Å². The van der Waals surface area contributed by atoms with Gasteiger partial charge in [0, 0.05) is 13.5 Å². The van der Waals surface area contributed by atoms with Gasteiger partial charge in [-0.15, -0.1) is 0 Å². The predicted molar refractivity (Wildman–Crippen MR) is 138 cm³/mol. The van der Waals surface area contributed by atoms with Crippen LogP contribution in [0.15, 0.2) is 58.3 Å². The molecule has 1 saturated carbocycles. The molecule has 2 aromatic carbocycles. The van der Waals surface area contributed by atoms with Crippen LogP contribution >= 0.6 is 23.4 Å². The second kappa shape index (κ2) is 9.78. The number of nitrogens with zero attached hydrogens (tertiary/aromatic N) is 2. The van der Waals surface area contributed by atoms with Crippen LogP contribution in [0.3, 0.4) is 0 Å². The van der Waals surface area contributed by atoms with Crippen molar-refractivity contribution in [1.29, 1.82) is 0 Å². The van der Waals surface area contributed by atoms with E-state index in [-0.39, 0.29) is 16.6 Å². The van der Waals surface area contributed by atoms with E-state index < -0.39 is 11.6 Å². The first-order valence-electron chi connectivity index (χ1n) is 12.0. The lowest BCUT2D eigenvalue weighted by atomic mass is 9.77. The van der Waals surface area contributed by atoms with E-state index >= 15 is 0 Å². The highest BCUT2D eigenvalue weighted by molar-refractivity contribution is 8.03. The van der Waals surface area contributed by atoms with Gasteiger partial charge in [0.05, 0.1) is 23.2 Å². The van der Waals surface area contributed by atoms with Crippen molar-refractivity contribution in [2.24, 2.45) is 13.0 Å². The van der Waals surface area contributed by atoms with Crippen LogP contribution < -0.4 is 4.74 Å². The highest BCUT2D eigenvalue weighted by Crippen LogP contribution is 2.48. The number of rotatable bonds is 7. The molecule has 1 aliphatic carbocycles. The molecule has 0 amide bonds. The number of aliphatic hydroxyl groups excluding tert-OH is 1. The summed E-state index contributed by atoms with van der Waals surface area (Å²) in [5, 5.41) is 12.4. The molecule has 2 heterocycles. The summed E-state index contributed by atoms with van der Waals surface area (Å²) in [6.45, 7) is 0. The monoisotopic (exact) mass is 512 g/mol. The van der Waals surface area contributed by atoms with Crippen LogP contribution in [0.4, 0.5) is 0 Å². The minimum atomic E-state index is -0.722. The minimum Gasteiger partial charge on any atom is -0.511 e. The zero-order valence-corrected chi connectivity index (χ0v) is 21.5. The second-order valence-corrected chi connectivity index (χ2v) is 10.8. The molecular weight excluding hydrogens is 484 g/mol. The van der Waals surface area contributed by atoms with Gasteiger partial charge < -0.3 is 19.1 Å². The Morgan fingerprint density at radius 1 is 1.26 bits per heavy atom. The molecule has 1 aromatic heterocycles. The van der Waals surface area contributed by atoms with E-state index in [4.69, 9.17) is 21.1 Å². The number of ether oxygens (including phenoxy) is 2. The number of hydrogen-bond donors (Lipinski definition) is 1. The third kappa shape index (κ3) is 4.64. The van der Waals surface area contributed by atoms with Crippen LogP contribution in [0, 0.1) is 5.92 Å². The second-order valence-electron chi connectivity index (χ2n) is 9.40. The Balaban J connectivity index is 1.41. The Kier molecular flexibility index (Phi) is 6.73. The summed E-state index contributed by atoms with van der Waals surface area (Å²) in [5.74, 6) is 0.488. The third-order valence-corrected chi connectivity index (χ3v) is 8.75. The van der Waals surface area contributed by atoms with Gasteiger partial charge in [-0.3, -0.25) is 0 Å². The Morgan fingerprint density at radius 3 is 2.71 bits per heavy atom. The summed E-state index contributed by atoms with van der Waals surface area (Å²) in [5.41, 5.74) is 2.14. The van der Waals surface area contributed by atoms with Crippen molar-refractivity contribution in [3.63, 3.8) is 0 Å².